The summed E-state index contributed by atoms with van der Waals surface area (Å²) >= 11 is 0. The summed E-state index contributed by atoms with van der Waals surface area (Å²) in [4.78, 5) is 2.16. The molecule has 1 fully saturated rings. The molecule has 1 aliphatic rings. The number of para-hydroxylation sites is 1. The fourth-order valence-corrected chi connectivity index (χ4v) is 2.99. The van der Waals surface area contributed by atoms with Crippen molar-refractivity contribution in [2.75, 3.05) is 13.1 Å². The Morgan fingerprint density at radius 3 is 2.71 bits per heavy atom. The molecule has 0 saturated carbocycles. The van der Waals surface area contributed by atoms with Crippen LogP contribution < -0.4 is 10.5 Å². The summed E-state index contributed by atoms with van der Waals surface area (Å²) in [6.07, 6.45) is -2.52. The van der Waals surface area contributed by atoms with Crippen molar-refractivity contribution in [3.8, 4) is 5.75 Å². The van der Waals surface area contributed by atoms with Crippen LogP contribution in [0, 0.1) is 5.92 Å². The van der Waals surface area contributed by atoms with E-state index in [-0.39, 0.29) is 11.8 Å². The van der Waals surface area contributed by atoms with Crippen molar-refractivity contribution < 1.29 is 17.9 Å². The Labute approximate surface area is 122 Å². The van der Waals surface area contributed by atoms with E-state index in [1.54, 1.807) is 18.2 Å². The number of benzene rings is 1. The van der Waals surface area contributed by atoms with Crippen LogP contribution in [0.5, 0.6) is 5.75 Å². The number of halogens is 3. The van der Waals surface area contributed by atoms with Gasteiger partial charge in [-0.1, -0.05) is 25.1 Å². The van der Waals surface area contributed by atoms with Gasteiger partial charge in [0.25, 0.3) is 0 Å². The van der Waals surface area contributed by atoms with Crippen LogP contribution in [0.4, 0.5) is 13.2 Å². The van der Waals surface area contributed by atoms with Crippen LogP contribution >= 0.6 is 0 Å². The molecule has 118 valence electrons. The Bertz CT molecular complexity index is 464. The van der Waals surface area contributed by atoms with Crippen molar-refractivity contribution in [1.82, 2.24) is 4.90 Å². The summed E-state index contributed by atoms with van der Waals surface area (Å²) in [5.41, 5.74) is 6.37. The monoisotopic (exact) mass is 302 g/mol. The molecule has 21 heavy (non-hydrogen) atoms. The van der Waals surface area contributed by atoms with E-state index < -0.39 is 6.36 Å². The minimum atomic E-state index is -4.67. The van der Waals surface area contributed by atoms with Gasteiger partial charge in [-0.25, -0.2) is 0 Å². The zero-order chi connectivity index (χ0) is 15.5. The molecule has 1 saturated heterocycles. The Hall–Kier alpha value is -1.27. The van der Waals surface area contributed by atoms with Crippen LogP contribution in [0.25, 0.3) is 0 Å². The summed E-state index contributed by atoms with van der Waals surface area (Å²) in [5.74, 6) is 0.332. The Balaban J connectivity index is 2.15. The fraction of sp³-hybridized carbons (Fsp3) is 0.600. The summed E-state index contributed by atoms with van der Waals surface area (Å²) in [6.45, 7) is 3.94. The SMILES string of the molecule is CC1CCCN(Cc2ccccc2OC(F)(F)F)C1CN. The molecule has 0 aliphatic carbocycles. The smallest absolute Gasteiger partial charge is 0.405 e. The van der Waals surface area contributed by atoms with E-state index in [4.69, 9.17) is 5.73 Å². The number of piperidine rings is 1. The van der Waals surface area contributed by atoms with Gasteiger partial charge in [-0.05, 0) is 31.4 Å². The first-order chi connectivity index (χ1) is 9.90. The molecule has 6 heteroatoms. The van der Waals surface area contributed by atoms with Gasteiger partial charge in [-0.3, -0.25) is 4.90 Å². The van der Waals surface area contributed by atoms with E-state index in [1.165, 1.54) is 6.07 Å². The van der Waals surface area contributed by atoms with E-state index in [9.17, 15) is 13.2 Å². The largest absolute Gasteiger partial charge is 0.573 e. The maximum Gasteiger partial charge on any atom is 0.573 e. The van der Waals surface area contributed by atoms with Gasteiger partial charge in [-0.2, -0.15) is 0 Å². The molecule has 1 aliphatic heterocycles. The number of rotatable bonds is 4. The van der Waals surface area contributed by atoms with Crippen LogP contribution in [-0.4, -0.2) is 30.4 Å². The second-order valence-electron chi connectivity index (χ2n) is 5.55. The lowest BCUT2D eigenvalue weighted by Crippen LogP contribution is -2.48. The Kier molecular flexibility index (Phi) is 5.11. The number of hydrogen-bond acceptors (Lipinski definition) is 3. The van der Waals surface area contributed by atoms with Crippen LogP contribution in [-0.2, 0) is 6.54 Å². The van der Waals surface area contributed by atoms with Crippen LogP contribution in [0.1, 0.15) is 25.3 Å². The first-order valence-corrected chi connectivity index (χ1v) is 7.18. The maximum absolute atomic E-state index is 12.4. The molecule has 1 aromatic carbocycles. The number of likely N-dealkylation sites (tertiary alicyclic amines) is 1. The predicted octanol–water partition coefficient (Wildman–Crippen LogP) is 3.14. The number of ether oxygens (including phenoxy) is 1. The summed E-state index contributed by atoms with van der Waals surface area (Å²) in [5, 5.41) is 0. The van der Waals surface area contributed by atoms with Crippen molar-refractivity contribution >= 4 is 0 Å². The lowest BCUT2D eigenvalue weighted by atomic mass is 9.90. The third-order valence-corrected chi connectivity index (χ3v) is 4.04. The molecule has 0 amide bonds. The van der Waals surface area contributed by atoms with Crippen molar-refractivity contribution in [2.45, 2.75) is 38.7 Å². The average Bonchev–Trinajstić information content (AvgIpc) is 2.40. The number of nitrogens with zero attached hydrogens (tertiary/aromatic N) is 1. The van der Waals surface area contributed by atoms with Gasteiger partial charge in [0.05, 0.1) is 0 Å². The lowest BCUT2D eigenvalue weighted by Gasteiger charge is -2.39. The fourth-order valence-electron chi connectivity index (χ4n) is 2.99. The molecule has 0 spiro atoms. The highest BCUT2D eigenvalue weighted by atomic mass is 19.4. The van der Waals surface area contributed by atoms with E-state index in [2.05, 4.69) is 16.6 Å². The van der Waals surface area contributed by atoms with Crippen LogP contribution in [0.2, 0.25) is 0 Å². The molecular formula is C15H21F3N2O. The van der Waals surface area contributed by atoms with Crippen molar-refractivity contribution in [3.05, 3.63) is 29.8 Å². The molecular weight excluding hydrogens is 281 g/mol. The van der Waals surface area contributed by atoms with Crippen molar-refractivity contribution in [1.29, 1.82) is 0 Å². The number of hydrogen-bond donors (Lipinski definition) is 1. The van der Waals surface area contributed by atoms with Gasteiger partial charge in [0.2, 0.25) is 0 Å². The molecule has 2 rings (SSSR count). The Morgan fingerprint density at radius 2 is 2.05 bits per heavy atom. The molecule has 0 aromatic heterocycles. The molecule has 0 bridgehead atoms. The molecule has 2 unspecified atom stereocenters. The Morgan fingerprint density at radius 1 is 1.33 bits per heavy atom. The minimum absolute atomic E-state index is 0.126. The third-order valence-electron chi connectivity index (χ3n) is 4.04. The summed E-state index contributed by atoms with van der Waals surface area (Å²) in [7, 11) is 0. The molecule has 0 radical (unpaired) electrons. The highest BCUT2D eigenvalue weighted by molar-refractivity contribution is 5.33. The first kappa shape index (κ1) is 16.1. The van der Waals surface area contributed by atoms with Crippen LogP contribution in [0.3, 0.4) is 0 Å². The maximum atomic E-state index is 12.4. The highest BCUT2D eigenvalue weighted by Crippen LogP contribution is 2.30. The topological polar surface area (TPSA) is 38.5 Å². The summed E-state index contributed by atoms with van der Waals surface area (Å²) in [6, 6.07) is 6.51. The van der Waals surface area contributed by atoms with Crippen molar-refractivity contribution in [3.63, 3.8) is 0 Å². The van der Waals surface area contributed by atoms with E-state index >= 15 is 0 Å². The molecule has 1 heterocycles. The van der Waals surface area contributed by atoms with E-state index in [0.29, 0.717) is 24.6 Å². The molecule has 2 atom stereocenters. The van der Waals surface area contributed by atoms with Gasteiger partial charge in [-0.15, -0.1) is 13.2 Å². The third kappa shape index (κ3) is 4.35. The normalized spacial score (nSPS) is 24.0. The van der Waals surface area contributed by atoms with Gasteiger partial charge in [0.1, 0.15) is 5.75 Å². The number of nitrogens with two attached hydrogens (primary N) is 1. The quantitative estimate of drug-likeness (QED) is 0.928. The average molecular weight is 302 g/mol. The standard InChI is InChI=1S/C15H21F3N2O/c1-11-5-4-8-20(13(11)9-19)10-12-6-2-3-7-14(12)21-15(16,17)18/h2-3,6-7,11,13H,4-5,8-10,19H2,1H3. The number of alkyl halides is 3. The van der Waals surface area contributed by atoms with Gasteiger partial charge < -0.3 is 10.5 Å². The molecule has 1 aromatic rings. The highest BCUT2D eigenvalue weighted by Gasteiger charge is 2.33. The zero-order valence-corrected chi connectivity index (χ0v) is 12.1. The second kappa shape index (κ2) is 6.66. The predicted molar refractivity (Wildman–Crippen MR) is 74.8 cm³/mol. The summed E-state index contributed by atoms with van der Waals surface area (Å²) < 4.78 is 41.5. The van der Waals surface area contributed by atoms with E-state index in [0.717, 1.165) is 19.4 Å². The minimum Gasteiger partial charge on any atom is -0.405 e. The lowest BCUT2D eigenvalue weighted by molar-refractivity contribution is -0.275. The van der Waals surface area contributed by atoms with Crippen LogP contribution in [0.15, 0.2) is 24.3 Å². The first-order valence-electron chi connectivity index (χ1n) is 7.18. The molecule has 3 nitrogen and oxygen atoms in total. The van der Waals surface area contributed by atoms with E-state index in [1.807, 2.05) is 0 Å². The van der Waals surface area contributed by atoms with Gasteiger partial charge >= 0.3 is 6.36 Å². The van der Waals surface area contributed by atoms with Gasteiger partial charge in [0.15, 0.2) is 0 Å². The molecule has 2 N–H and O–H groups in total. The van der Waals surface area contributed by atoms with Crippen molar-refractivity contribution in [2.24, 2.45) is 11.7 Å². The van der Waals surface area contributed by atoms with Gasteiger partial charge in [0, 0.05) is 24.7 Å². The second-order valence-corrected chi connectivity index (χ2v) is 5.55. The zero-order valence-electron chi connectivity index (χ0n) is 12.1.